The summed E-state index contributed by atoms with van der Waals surface area (Å²) in [5.74, 6) is 0.0621. The molecular weight excluding hydrogens is 348 g/mol. The van der Waals surface area contributed by atoms with Crippen molar-refractivity contribution in [2.75, 3.05) is 5.32 Å². The molecule has 0 spiro atoms. The minimum Gasteiger partial charge on any atom is -0.322 e. The van der Waals surface area contributed by atoms with Crippen LogP contribution >= 0.6 is 0 Å². The molecule has 0 aromatic heterocycles. The van der Waals surface area contributed by atoms with E-state index in [1.54, 1.807) is 32.9 Å². The quantitative estimate of drug-likeness (QED) is 0.826. The summed E-state index contributed by atoms with van der Waals surface area (Å²) in [6.45, 7) is 9.50. The average Bonchev–Trinajstić information content (AvgIpc) is 2.53. The molecule has 1 amide bonds. The minimum atomic E-state index is -3.69. The number of carbonyl (C=O) groups excluding carboxylic acids is 1. The predicted octanol–water partition coefficient (Wildman–Crippen LogP) is 4.14. The molecule has 0 radical (unpaired) electrons. The van der Waals surface area contributed by atoms with Crippen molar-refractivity contribution in [3.63, 3.8) is 0 Å². The molecule has 2 aromatic carbocycles. The van der Waals surface area contributed by atoms with Gasteiger partial charge in [0.1, 0.15) is 0 Å². The molecule has 2 aromatic rings. The summed E-state index contributed by atoms with van der Waals surface area (Å²) >= 11 is 0. The summed E-state index contributed by atoms with van der Waals surface area (Å²) in [6, 6.07) is 13.6. The van der Waals surface area contributed by atoms with Crippen LogP contribution in [0.25, 0.3) is 0 Å². The molecular formula is C20H26N2O3S. The Labute approximate surface area is 155 Å². The number of benzene rings is 2. The maximum Gasteiger partial charge on any atom is 0.255 e. The van der Waals surface area contributed by atoms with Gasteiger partial charge >= 0.3 is 0 Å². The molecule has 6 heteroatoms. The van der Waals surface area contributed by atoms with Crippen LogP contribution in [0, 0.1) is 0 Å². The van der Waals surface area contributed by atoms with Crippen molar-refractivity contribution < 1.29 is 13.2 Å². The third-order valence-electron chi connectivity index (χ3n) is 3.68. The molecule has 0 saturated heterocycles. The standard InChI is InChI=1S/C20H26N2O3S/c1-14(2)15-9-11-17(12-10-15)21-19(23)16-7-6-8-18(13-16)26(24,25)22-20(3,4)5/h6-14,22H,1-5H3,(H,21,23). The number of carbonyl (C=O) groups is 1. The summed E-state index contributed by atoms with van der Waals surface area (Å²) in [6.07, 6.45) is 0. The highest BCUT2D eigenvalue weighted by Gasteiger charge is 2.22. The molecule has 0 heterocycles. The lowest BCUT2D eigenvalue weighted by Crippen LogP contribution is -2.40. The van der Waals surface area contributed by atoms with E-state index in [1.165, 1.54) is 17.7 Å². The molecule has 26 heavy (non-hydrogen) atoms. The monoisotopic (exact) mass is 374 g/mol. The van der Waals surface area contributed by atoms with Crippen molar-refractivity contribution in [2.45, 2.75) is 51.0 Å². The molecule has 0 atom stereocenters. The Bertz CT molecular complexity index is 880. The lowest BCUT2D eigenvalue weighted by molar-refractivity contribution is 0.102. The summed E-state index contributed by atoms with van der Waals surface area (Å²) in [5.41, 5.74) is 1.54. The molecule has 0 fully saturated rings. The van der Waals surface area contributed by atoms with Crippen molar-refractivity contribution in [1.29, 1.82) is 0 Å². The Morgan fingerprint density at radius 1 is 1.00 bits per heavy atom. The lowest BCUT2D eigenvalue weighted by Gasteiger charge is -2.20. The lowest BCUT2D eigenvalue weighted by atomic mass is 10.0. The normalized spacial score (nSPS) is 12.2. The van der Waals surface area contributed by atoms with E-state index < -0.39 is 15.6 Å². The number of rotatable bonds is 5. The second-order valence-corrected chi connectivity index (χ2v) is 9.30. The van der Waals surface area contributed by atoms with E-state index in [2.05, 4.69) is 23.9 Å². The molecule has 2 N–H and O–H groups in total. The van der Waals surface area contributed by atoms with Crippen LogP contribution < -0.4 is 10.0 Å². The zero-order valence-electron chi connectivity index (χ0n) is 15.8. The molecule has 0 unspecified atom stereocenters. The second-order valence-electron chi connectivity index (χ2n) is 7.61. The zero-order valence-corrected chi connectivity index (χ0v) is 16.6. The number of hydrogen-bond donors (Lipinski definition) is 2. The van der Waals surface area contributed by atoms with Crippen LogP contribution in [0.1, 0.15) is 56.5 Å². The van der Waals surface area contributed by atoms with Crippen molar-refractivity contribution in [3.05, 3.63) is 59.7 Å². The van der Waals surface area contributed by atoms with Gasteiger partial charge in [-0.1, -0.05) is 32.0 Å². The molecule has 0 aliphatic heterocycles. The van der Waals surface area contributed by atoms with Crippen molar-refractivity contribution in [1.82, 2.24) is 4.72 Å². The smallest absolute Gasteiger partial charge is 0.255 e. The topological polar surface area (TPSA) is 75.3 Å². The van der Waals surface area contributed by atoms with Crippen LogP contribution in [0.15, 0.2) is 53.4 Å². The molecule has 0 aliphatic rings. The number of nitrogens with one attached hydrogen (secondary N) is 2. The summed E-state index contributed by atoms with van der Waals surface area (Å²) < 4.78 is 27.5. The van der Waals surface area contributed by atoms with Gasteiger partial charge in [0.25, 0.3) is 5.91 Å². The van der Waals surface area contributed by atoms with Crippen LogP contribution in [0.5, 0.6) is 0 Å². The fourth-order valence-electron chi connectivity index (χ4n) is 2.42. The van der Waals surface area contributed by atoms with Gasteiger partial charge in [-0.2, -0.15) is 0 Å². The highest BCUT2D eigenvalue weighted by molar-refractivity contribution is 7.89. The number of hydrogen-bond acceptors (Lipinski definition) is 3. The van der Waals surface area contributed by atoms with Crippen LogP contribution in [-0.2, 0) is 10.0 Å². The fourth-order valence-corrected chi connectivity index (χ4v) is 3.89. The predicted molar refractivity (Wildman–Crippen MR) is 105 cm³/mol. The molecule has 0 bridgehead atoms. The summed E-state index contributed by atoms with van der Waals surface area (Å²) in [7, 11) is -3.69. The largest absolute Gasteiger partial charge is 0.322 e. The van der Waals surface area contributed by atoms with Gasteiger partial charge < -0.3 is 5.32 Å². The summed E-state index contributed by atoms with van der Waals surface area (Å²) in [4.78, 5) is 12.5. The first kappa shape index (κ1) is 20.1. The Balaban J connectivity index is 2.20. The average molecular weight is 375 g/mol. The molecule has 0 saturated carbocycles. The Morgan fingerprint density at radius 3 is 2.15 bits per heavy atom. The van der Waals surface area contributed by atoms with Gasteiger partial charge in [0.2, 0.25) is 10.0 Å². The SMILES string of the molecule is CC(C)c1ccc(NC(=O)c2cccc(S(=O)(=O)NC(C)(C)C)c2)cc1. The van der Waals surface area contributed by atoms with Crippen LogP contribution in [-0.4, -0.2) is 19.9 Å². The summed E-state index contributed by atoms with van der Waals surface area (Å²) in [5, 5.41) is 2.80. The van der Waals surface area contributed by atoms with Crippen molar-refractivity contribution >= 4 is 21.6 Å². The van der Waals surface area contributed by atoms with E-state index in [1.807, 2.05) is 24.3 Å². The van der Waals surface area contributed by atoms with Gasteiger partial charge in [0, 0.05) is 16.8 Å². The van der Waals surface area contributed by atoms with E-state index in [9.17, 15) is 13.2 Å². The first-order chi connectivity index (χ1) is 12.0. The molecule has 0 aliphatic carbocycles. The van der Waals surface area contributed by atoms with E-state index in [4.69, 9.17) is 0 Å². The van der Waals surface area contributed by atoms with Crippen LogP contribution in [0.3, 0.4) is 0 Å². The van der Waals surface area contributed by atoms with Crippen molar-refractivity contribution in [3.8, 4) is 0 Å². The zero-order chi connectivity index (χ0) is 19.5. The van der Waals surface area contributed by atoms with Gasteiger partial charge in [-0.25, -0.2) is 13.1 Å². The van der Waals surface area contributed by atoms with Gasteiger partial charge in [0.15, 0.2) is 0 Å². The van der Waals surface area contributed by atoms with Gasteiger partial charge in [-0.3, -0.25) is 4.79 Å². The maximum atomic E-state index is 12.5. The van der Waals surface area contributed by atoms with Crippen molar-refractivity contribution in [2.24, 2.45) is 0 Å². The third kappa shape index (κ3) is 5.41. The Morgan fingerprint density at radius 2 is 1.62 bits per heavy atom. The second kappa shape index (κ2) is 7.60. The van der Waals surface area contributed by atoms with E-state index in [0.29, 0.717) is 11.6 Å². The number of sulfonamides is 1. The third-order valence-corrected chi connectivity index (χ3v) is 5.44. The van der Waals surface area contributed by atoms with Crippen LogP contribution in [0.2, 0.25) is 0 Å². The number of amides is 1. The first-order valence-electron chi connectivity index (χ1n) is 8.53. The number of anilines is 1. The van der Waals surface area contributed by atoms with E-state index >= 15 is 0 Å². The molecule has 140 valence electrons. The Hall–Kier alpha value is -2.18. The highest BCUT2D eigenvalue weighted by atomic mass is 32.2. The minimum absolute atomic E-state index is 0.0650. The van der Waals surface area contributed by atoms with E-state index in [0.717, 1.165) is 0 Å². The Kier molecular flexibility index (Phi) is 5.88. The van der Waals surface area contributed by atoms with Crippen LogP contribution in [0.4, 0.5) is 5.69 Å². The molecule has 2 rings (SSSR count). The first-order valence-corrected chi connectivity index (χ1v) is 10.0. The van der Waals surface area contributed by atoms with Gasteiger partial charge in [-0.05, 0) is 62.6 Å². The van der Waals surface area contributed by atoms with Gasteiger partial charge in [-0.15, -0.1) is 0 Å². The molecule has 5 nitrogen and oxygen atoms in total. The van der Waals surface area contributed by atoms with E-state index in [-0.39, 0.29) is 16.4 Å². The highest BCUT2D eigenvalue weighted by Crippen LogP contribution is 2.19. The fraction of sp³-hybridized carbons (Fsp3) is 0.350. The maximum absolute atomic E-state index is 12.5. The van der Waals surface area contributed by atoms with Gasteiger partial charge in [0.05, 0.1) is 4.90 Å².